The summed E-state index contributed by atoms with van der Waals surface area (Å²) in [6.07, 6.45) is -3.68. The van der Waals surface area contributed by atoms with Gasteiger partial charge >= 0.3 is 11.9 Å². The largest absolute Gasteiger partial charge is 0.508 e. The first-order valence-electron chi connectivity index (χ1n) is 7.64. The minimum Gasteiger partial charge on any atom is -0.508 e. The summed E-state index contributed by atoms with van der Waals surface area (Å²) in [6, 6.07) is 6.09. The Kier molecular flexibility index (Phi) is 6.13. The molecular weight excluding hydrogens is 332 g/mol. The molecule has 0 unspecified atom stereocenters. The Morgan fingerprint density at radius 1 is 1.12 bits per heavy atom. The summed E-state index contributed by atoms with van der Waals surface area (Å²) in [5.74, 6) is -1.42. The molecule has 1 saturated heterocycles. The van der Waals surface area contributed by atoms with E-state index in [9.17, 15) is 24.9 Å². The van der Waals surface area contributed by atoms with Gasteiger partial charge < -0.3 is 29.5 Å². The van der Waals surface area contributed by atoms with Crippen molar-refractivity contribution >= 4 is 18.0 Å². The SMILES string of the molecule is CC(=O)O[C@@H]1[C@@H](O)[C@H](C)O[C@@H](O)[C@@H]1OC(=O)C=Cc1ccc(O)cc1. The number of hydrogen-bond donors (Lipinski definition) is 3. The van der Waals surface area contributed by atoms with Gasteiger partial charge in [0.15, 0.2) is 18.5 Å². The second kappa shape index (κ2) is 8.11. The predicted molar refractivity (Wildman–Crippen MR) is 85.1 cm³/mol. The van der Waals surface area contributed by atoms with Crippen LogP contribution >= 0.6 is 0 Å². The molecule has 5 atom stereocenters. The fourth-order valence-corrected chi connectivity index (χ4v) is 2.38. The zero-order chi connectivity index (χ0) is 18.6. The molecule has 0 aromatic heterocycles. The Labute approximate surface area is 144 Å². The maximum absolute atomic E-state index is 12.0. The van der Waals surface area contributed by atoms with Crippen molar-refractivity contribution in [2.75, 3.05) is 0 Å². The minimum absolute atomic E-state index is 0.0922. The smallest absolute Gasteiger partial charge is 0.331 e. The zero-order valence-corrected chi connectivity index (χ0v) is 13.7. The lowest BCUT2D eigenvalue weighted by Gasteiger charge is -2.40. The summed E-state index contributed by atoms with van der Waals surface area (Å²) in [6.45, 7) is 2.63. The van der Waals surface area contributed by atoms with Crippen molar-refractivity contribution in [3.8, 4) is 5.75 Å². The number of benzene rings is 1. The number of rotatable bonds is 4. The molecule has 8 nitrogen and oxygen atoms in total. The van der Waals surface area contributed by atoms with Gasteiger partial charge in [-0.05, 0) is 30.7 Å². The molecule has 0 aliphatic carbocycles. The molecule has 1 fully saturated rings. The van der Waals surface area contributed by atoms with Gasteiger partial charge in [0.05, 0.1) is 6.10 Å². The highest BCUT2D eigenvalue weighted by molar-refractivity contribution is 5.87. The number of aliphatic hydroxyl groups excluding tert-OH is 2. The van der Waals surface area contributed by atoms with Gasteiger partial charge in [0.2, 0.25) is 0 Å². The lowest BCUT2D eigenvalue weighted by molar-refractivity contribution is -0.284. The van der Waals surface area contributed by atoms with Crippen molar-refractivity contribution in [2.24, 2.45) is 0 Å². The first-order valence-corrected chi connectivity index (χ1v) is 7.64. The van der Waals surface area contributed by atoms with E-state index in [4.69, 9.17) is 14.2 Å². The third-order valence-corrected chi connectivity index (χ3v) is 3.64. The van der Waals surface area contributed by atoms with Crippen LogP contribution in [0.15, 0.2) is 30.3 Å². The number of aromatic hydroxyl groups is 1. The van der Waals surface area contributed by atoms with Crippen molar-refractivity contribution in [2.45, 2.75) is 44.6 Å². The highest BCUT2D eigenvalue weighted by atomic mass is 16.7. The van der Waals surface area contributed by atoms with Crippen LogP contribution in [0.2, 0.25) is 0 Å². The van der Waals surface area contributed by atoms with Gasteiger partial charge in [0.1, 0.15) is 11.9 Å². The van der Waals surface area contributed by atoms with Gasteiger partial charge in [-0.25, -0.2) is 4.79 Å². The number of ether oxygens (including phenoxy) is 3. The number of carbonyl (C=O) groups excluding carboxylic acids is 2. The van der Waals surface area contributed by atoms with E-state index in [-0.39, 0.29) is 5.75 Å². The van der Waals surface area contributed by atoms with Crippen molar-refractivity contribution in [3.05, 3.63) is 35.9 Å². The van der Waals surface area contributed by atoms with Crippen LogP contribution in [0, 0.1) is 0 Å². The van der Waals surface area contributed by atoms with E-state index in [1.807, 2.05) is 0 Å². The number of aliphatic hydroxyl groups is 2. The fraction of sp³-hybridized carbons (Fsp3) is 0.412. The van der Waals surface area contributed by atoms with Crippen LogP contribution in [-0.2, 0) is 23.8 Å². The molecule has 1 aromatic carbocycles. The molecule has 1 aromatic rings. The molecule has 0 bridgehead atoms. The highest BCUT2D eigenvalue weighted by Crippen LogP contribution is 2.25. The van der Waals surface area contributed by atoms with E-state index in [0.29, 0.717) is 5.56 Å². The number of phenolic OH excluding ortho intramolecular Hbond substituents is 1. The number of esters is 2. The maximum atomic E-state index is 12.0. The average Bonchev–Trinajstić information content (AvgIpc) is 2.55. The Bertz CT molecular complexity index is 639. The van der Waals surface area contributed by atoms with Crippen molar-refractivity contribution < 1.29 is 39.1 Å². The van der Waals surface area contributed by atoms with Crippen LogP contribution in [-0.4, -0.2) is 58.0 Å². The second-order valence-electron chi connectivity index (χ2n) is 5.62. The van der Waals surface area contributed by atoms with E-state index < -0.39 is 42.6 Å². The van der Waals surface area contributed by atoms with Crippen LogP contribution in [0.1, 0.15) is 19.4 Å². The summed E-state index contributed by atoms with van der Waals surface area (Å²) in [5.41, 5.74) is 0.639. The molecule has 1 aliphatic rings. The van der Waals surface area contributed by atoms with Crippen LogP contribution < -0.4 is 0 Å². The van der Waals surface area contributed by atoms with Crippen LogP contribution in [0.4, 0.5) is 0 Å². The van der Waals surface area contributed by atoms with Crippen molar-refractivity contribution in [3.63, 3.8) is 0 Å². The standard InChI is InChI=1S/C17H20O8/c1-9-14(21)15(24-10(2)18)16(17(22)23-9)25-13(20)8-5-11-3-6-12(19)7-4-11/h3-9,14-17,19,21-22H,1-2H3/t9-,14-,15+,16+,17+/m0/s1. The topological polar surface area (TPSA) is 123 Å². The van der Waals surface area contributed by atoms with Gasteiger partial charge in [-0.3, -0.25) is 4.79 Å². The highest BCUT2D eigenvalue weighted by Gasteiger charge is 2.47. The van der Waals surface area contributed by atoms with E-state index in [2.05, 4.69) is 0 Å². The fourth-order valence-electron chi connectivity index (χ4n) is 2.38. The van der Waals surface area contributed by atoms with Crippen LogP contribution in [0.3, 0.4) is 0 Å². The quantitative estimate of drug-likeness (QED) is 0.524. The molecule has 8 heteroatoms. The van der Waals surface area contributed by atoms with Crippen molar-refractivity contribution in [1.82, 2.24) is 0 Å². The first kappa shape index (κ1) is 18.9. The third-order valence-electron chi connectivity index (χ3n) is 3.64. The monoisotopic (exact) mass is 352 g/mol. The van der Waals surface area contributed by atoms with Gasteiger partial charge in [0, 0.05) is 13.0 Å². The molecule has 0 spiro atoms. The molecule has 0 saturated carbocycles. The number of phenols is 1. The van der Waals surface area contributed by atoms with Gasteiger partial charge in [-0.15, -0.1) is 0 Å². The molecule has 136 valence electrons. The summed E-state index contributed by atoms with van der Waals surface area (Å²) in [4.78, 5) is 23.2. The molecule has 2 rings (SSSR count). The predicted octanol–water partition coefficient (Wildman–Crippen LogP) is 0.347. The van der Waals surface area contributed by atoms with Crippen molar-refractivity contribution in [1.29, 1.82) is 0 Å². The first-order chi connectivity index (χ1) is 11.8. The Morgan fingerprint density at radius 2 is 1.76 bits per heavy atom. The van der Waals surface area contributed by atoms with Crippen LogP contribution in [0.25, 0.3) is 6.08 Å². The second-order valence-corrected chi connectivity index (χ2v) is 5.62. The molecule has 1 aliphatic heterocycles. The van der Waals surface area contributed by atoms with Crippen LogP contribution in [0.5, 0.6) is 5.75 Å². The summed E-state index contributed by atoms with van der Waals surface area (Å²) >= 11 is 0. The number of carbonyl (C=O) groups is 2. The van der Waals surface area contributed by atoms with E-state index in [0.717, 1.165) is 13.0 Å². The molecule has 0 radical (unpaired) electrons. The normalized spacial score (nSPS) is 29.4. The summed E-state index contributed by atoms with van der Waals surface area (Å²) in [5, 5.41) is 29.2. The minimum atomic E-state index is -1.55. The van der Waals surface area contributed by atoms with E-state index >= 15 is 0 Å². The van der Waals surface area contributed by atoms with Gasteiger partial charge in [-0.1, -0.05) is 12.1 Å². The lowest BCUT2D eigenvalue weighted by Crippen LogP contribution is -2.59. The van der Waals surface area contributed by atoms with Gasteiger partial charge in [-0.2, -0.15) is 0 Å². The molecule has 25 heavy (non-hydrogen) atoms. The summed E-state index contributed by atoms with van der Waals surface area (Å²) < 4.78 is 15.2. The lowest BCUT2D eigenvalue weighted by atomic mass is 9.99. The summed E-state index contributed by atoms with van der Waals surface area (Å²) in [7, 11) is 0. The zero-order valence-electron chi connectivity index (χ0n) is 13.7. The molecule has 1 heterocycles. The Morgan fingerprint density at radius 3 is 2.36 bits per heavy atom. The molecule has 0 amide bonds. The molecule has 3 N–H and O–H groups in total. The Hall–Kier alpha value is -2.42. The maximum Gasteiger partial charge on any atom is 0.331 e. The van der Waals surface area contributed by atoms with E-state index in [1.54, 1.807) is 12.1 Å². The Balaban J connectivity index is 2.07. The van der Waals surface area contributed by atoms with E-state index in [1.165, 1.54) is 25.1 Å². The average molecular weight is 352 g/mol. The van der Waals surface area contributed by atoms with Gasteiger partial charge in [0.25, 0.3) is 0 Å². The number of hydrogen-bond acceptors (Lipinski definition) is 8. The molecular formula is C17H20O8. The third kappa shape index (κ3) is 5.02.